The Hall–Kier alpha value is -0.790. The monoisotopic (exact) mass is 155 g/mol. The Morgan fingerprint density at radius 3 is 2.55 bits per heavy atom. The molecule has 0 aromatic heterocycles. The van der Waals surface area contributed by atoms with Gasteiger partial charge in [0.15, 0.2) is 0 Å². The molecule has 0 unspecified atom stereocenters. The lowest BCUT2D eigenvalue weighted by Crippen LogP contribution is -2.35. The minimum Gasteiger partial charge on any atom is -0.342 e. The van der Waals surface area contributed by atoms with Crippen LogP contribution in [0.1, 0.15) is 25.7 Å². The molecule has 0 radical (unpaired) electrons. The van der Waals surface area contributed by atoms with Crippen molar-refractivity contribution in [1.29, 1.82) is 0 Å². The molecule has 1 heterocycles. The molecule has 1 fully saturated rings. The summed E-state index contributed by atoms with van der Waals surface area (Å²) in [4.78, 5) is 13.2. The largest absolute Gasteiger partial charge is 0.342 e. The van der Waals surface area contributed by atoms with Crippen LogP contribution in [-0.4, -0.2) is 23.9 Å². The summed E-state index contributed by atoms with van der Waals surface area (Å²) in [6.07, 6.45) is 5.79. The molecule has 0 aromatic rings. The first-order valence-electron chi connectivity index (χ1n) is 4.23. The molecule has 0 aromatic carbocycles. The first-order valence-corrected chi connectivity index (χ1v) is 4.23. The Balaban J connectivity index is 2.32. The molecule has 11 heavy (non-hydrogen) atoms. The zero-order valence-corrected chi connectivity index (χ0v) is 6.88. The molecule has 0 saturated carbocycles. The van der Waals surface area contributed by atoms with Gasteiger partial charge >= 0.3 is 0 Å². The fraction of sp³-hybridized carbons (Fsp3) is 0.667. The molecule has 2 heteroatoms. The number of carbonyl (C=O) groups excluding carboxylic acids is 1. The Bertz CT molecular complexity index is 148. The normalized spacial score (nSPS) is 18.0. The van der Waals surface area contributed by atoms with Gasteiger partial charge in [-0.15, -0.1) is 6.58 Å². The van der Waals surface area contributed by atoms with Crippen molar-refractivity contribution in [2.45, 2.75) is 25.7 Å². The SMILES string of the molecule is C=CC[14C](=O)N1CCCCC1. The molecule has 1 rings (SSSR count). The van der Waals surface area contributed by atoms with Gasteiger partial charge in [-0.3, -0.25) is 4.79 Å². The summed E-state index contributed by atoms with van der Waals surface area (Å²) in [7, 11) is 0. The van der Waals surface area contributed by atoms with Crippen LogP contribution in [0.5, 0.6) is 0 Å². The quantitative estimate of drug-likeness (QED) is 0.554. The Labute approximate surface area is 67.9 Å². The van der Waals surface area contributed by atoms with Crippen LogP contribution >= 0.6 is 0 Å². The number of rotatable bonds is 2. The van der Waals surface area contributed by atoms with E-state index in [0.29, 0.717) is 6.42 Å². The van der Waals surface area contributed by atoms with E-state index in [4.69, 9.17) is 0 Å². The lowest BCUT2D eigenvalue weighted by atomic mass is 10.2. The van der Waals surface area contributed by atoms with Crippen LogP contribution in [0.25, 0.3) is 0 Å². The van der Waals surface area contributed by atoms with Crippen molar-refractivity contribution in [2.24, 2.45) is 0 Å². The first kappa shape index (κ1) is 8.31. The summed E-state index contributed by atoms with van der Waals surface area (Å²) in [5, 5.41) is 0. The number of amides is 1. The fourth-order valence-corrected chi connectivity index (χ4v) is 1.40. The van der Waals surface area contributed by atoms with Gasteiger partial charge in [0.05, 0.1) is 0 Å². The van der Waals surface area contributed by atoms with Gasteiger partial charge in [0.2, 0.25) is 5.91 Å². The van der Waals surface area contributed by atoms with E-state index in [-0.39, 0.29) is 5.91 Å². The van der Waals surface area contributed by atoms with E-state index >= 15 is 0 Å². The molecule has 62 valence electrons. The second-order valence-electron chi connectivity index (χ2n) is 2.93. The maximum Gasteiger partial charge on any atom is 0.226 e. The molecule has 1 amide bonds. The predicted molar refractivity (Wildman–Crippen MR) is 45.2 cm³/mol. The van der Waals surface area contributed by atoms with Gasteiger partial charge < -0.3 is 4.90 Å². The third kappa shape index (κ3) is 2.37. The Morgan fingerprint density at radius 1 is 1.36 bits per heavy atom. The molecular weight excluding hydrogens is 140 g/mol. The van der Waals surface area contributed by atoms with Crippen LogP contribution in [-0.2, 0) is 4.79 Å². The van der Waals surface area contributed by atoms with Crippen LogP contribution in [0.4, 0.5) is 0 Å². The van der Waals surface area contributed by atoms with Crippen molar-refractivity contribution in [3.05, 3.63) is 12.7 Å². The molecular formula is C9H15NO. The number of piperidine rings is 1. The lowest BCUT2D eigenvalue weighted by Gasteiger charge is -2.26. The van der Waals surface area contributed by atoms with Crippen molar-refractivity contribution >= 4 is 5.91 Å². The van der Waals surface area contributed by atoms with Crippen LogP contribution in [0, 0.1) is 0 Å². The van der Waals surface area contributed by atoms with Crippen molar-refractivity contribution in [2.75, 3.05) is 13.1 Å². The number of hydrogen-bond donors (Lipinski definition) is 0. The van der Waals surface area contributed by atoms with Crippen LogP contribution in [0.3, 0.4) is 0 Å². The second kappa shape index (κ2) is 4.16. The van der Waals surface area contributed by atoms with Gasteiger partial charge in [0.25, 0.3) is 0 Å². The predicted octanol–water partition coefficient (Wildman–Crippen LogP) is 1.57. The highest BCUT2D eigenvalue weighted by Gasteiger charge is 2.14. The van der Waals surface area contributed by atoms with Gasteiger partial charge in [0.1, 0.15) is 0 Å². The van der Waals surface area contributed by atoms with Crippen molar-refractivity contribution in [1.82, 2.24) is 4.90 Å². The molecule has 0 bridgehead atoms. The summed E-state index contributed by atoms with van der Waals surface area (Å²) < 4.78 is 0. The number of carbonyl (C=O) groups is 1. The van der Waals surface area contributed by atoms with Crippen molar-refractivity contribution in [3.8, 4) is 0 Å². The van der Waals surface area contributed by atoms with E-state index in [1.54, 1.807) is 6.08 Å². The molecule has 0 atom stereocenters. The fourth-order valence-electron chi connectivity index (χ4n) is 1.40. The van der Waals surface area contributed by atoms with E-state index in [1.807, 2.05) is 4.90 Å². The average Bonchev–Trinajstić information content (AvgIpc) is 2.07. The van der Waals surface area contributed by atoms with Gasteiger partial charge in [-0.25, -0.2) is 0 Å². The van der Waals surface area contributed by atoms with Gasteiger partial charge in [-0.2, -0.15) is 0 Å². The Morgan fingerprint density at radius 2 is 2.00 bits per heavy atom. The zero-order chi connectivity index (χ0) is 8.10. The van der Waals surface area contributed by atoms with E-state index in [1.165, 1.54) is 19.3 Å². The van der Waals surface area contributed by atoms with E-state index < -0.39 is 0 Å². The standard InChI is InChI=1S/C9H15NO/c1-2-6-9(11)10-7-4-3-5-8-10/h2H,1,3-8H2/i9+2. The third-order valence-electron chi connectivity index (χ3n) is 2.03. The highest BCUT2D eigenvalue weighted by Crippen LogP contribution is 2.09. The minimum atomic E-state index is 0.236. The number of likely N-dealkylation sites (tertiary alicyclic amines) is 1. The van der Waals surface area contributed by atoms with Gasteiger partial charge in [-0.1, -0.05) is 6.08 Å². The summed E-state index contributed by atoms with van der Waals surface area (Å²) in [6, 6.07) is 0. The lowest BCUT2D eigenvalue weighted by molar-refractivity contribution is -0.131. The zero-order valence-electron chi connectivity index (χ0n) is 6.88. The molecule has 0 N–H and O–H groups in total. The maximum atomic E-state index is 11.3. The van der Waals surface area contributed by atoms with E-state index in [9.17, 15) is 4.79 Å². The van der Waals surface area contributed by atoms with Crippen LogP contribution in [0.15, 0.2) is 12.7 Å². The second-order valence-corrected chi connectivity index (χ2v) is 2.93. The summed E-state index contributed by atoms with van der Waals surface area (Å²) >= 11 is 0. The highest BCUT2D eigenvalue weighted by atomic mass is 16.3. The smallest absolute Gasteiger partial charge is 0.226 e. The molecule has 1 saturated heterocycles. The van der Waals surface area contributed by atoms with Crippen LogP contribution < -0.4 is 0 Å². The topological polar surface area (TPSA) is 20.3 Å². The summed E-state index contributed by atoms with van der Waals surface area (Å²) in [5.74, 6) is 0.236. The highest BCUT2D eigenvalue weighted by molar-refractivity contribution is 5.77. The molecule has 1 aliphatic rings. The van der Waals surface area contributed by atoms with E-state index in [2.05, 4.69) is 6.58 Å². The van der Waals surface area contributed by atoms with Crippen molar-refractivity contribution < 1.29 is 4.79 Å². The molecule has 0 spiro atoms. The molecule has 2 nitrogen and oxygen atoms in total. The number of hydrogen-bond acceptors (Lipinski definition) is 1. The summed E-state index contributed by atoms with van der Waals surface area (Å²) in [6.45, 7) is 5.45. The van der Waals surface area contributed by atoms with Gasteiger partial charge in [0, 0.05) is 19.5 Å². The number of nitrogens with zero attached hydrogens (tertiary/aromatic N) is 1. The average molecular weight is 155 g/mol. The molecule has 0 aliphatic carbocycles. The minimum absolute atomic E-state index is 0.236. The van der Waals surface area contributed by atoms with Gasteiger partial charge in [-0.05, 0) is 19.3 Å². The summed E-state index contributed by atoms with van der Waals surface area (Å²) in [5.41, 5.74) is 0. The maximum absolute atomic E-state index is 11.3. The van der Waals surface area contributed by atoms with E-state index in [0.717, 1.165) is 13.1 Å². The van der Waals surface area contributed by atoms with Crippen molar-refractivity contribution in [3.63, 3.8) is 0 Å². The molecule has 1 aliphatic heterocycles. The van der Waals surface area contributed by atoms with Crippen LogP contribution in [0.2, 0.25) is 0 Å². The Kier molecular flexibility index (Phi) is 3.14. The first-order chi connectivity index (χ1) is 5.34. The third-order valence-corrected chi connectivity index (χ3v) is 2.03.